The molecule has 0 saturated carbocycles. The molecule has 0 aliphatic rings. The Morgan fingerprint density at radius 3 is 2.64 bits per heavy atom. The molecule has 28 heavy (non-hydrogen) atoms. The summed E-state index contributed by atoms with van der Waals surface area (Å²) in [6, 6.07) is 7.83. The Balaban J connectivity index is 2.03. The zero-order valence-corrected chi connectivity index (χ0v) is 15.8. The van der Waals surface area contributed by atoms with E-state index >= 15 is 0 Å². The fraction of sp³-hybridized carbons (Fsp3) is 0.263. The number of aromatic hydroxyl groups is 1. The number of rotatable bonds is 8. The molecule has 0 saturated heterocycles. The van der Waals surface area contributed by atoms with E-state index in [9.17, 15) is 20.0 Å². The van der Waals surface area contributed by atoms with Crippen molar-refractivity contribution in [1.29, 1.82) is 0 Å². The molecule has 0 unspecified atom stereocenters. The van der Waals surface area contributed by atoms with Crippen LogP contribution in [0.2, 0.25) is 0 Å². The minimum atomic E-state index is -0.615. The van der Waals surface area contributed by atoms with Gasteiger partial charge < -0.3 is 14.6 Å². The highest BCUT2D eigenvalue weighted by molar-refractivity contribution is 5.87. The van der Waals surface area contributed by atoms with Gasteiger partial charge in [0.15, 0.2) is 18.1 Å². The van der Waals surface area contributed by atoms with Crippen LogP contribution in [0, 0.1) is 24.0 Å². The van der Waals surface area contributed by atoms with Crippen molar-refractivity contribution >= 4 is 17.8 Å². The quantitative estimate of drug-likeness (QED) is 0.408. The summed E-state index contributed by atoms with van der Waals surface area (Å²) in [5.41, 5.74) is 4.00. The number of phenols is 1. The number of hydrogen-bond acceptors (Lipinski definition) is 7. The van der Waals surface area contributed by atoms with Crippen molar-refractivity contribution in [3.05, 3.63) is 57.1 Å². The molecular formula is C19H21N3O6. The first-order chi connectivity index (χ1) is 13.3. The number of aryl methyl sites for hydroxylation is 2. The van der Waals surface area contributed by atoms with Crippen molar-refractivity contribution in [1.82, 2.24) is 5.43 Å². The summed E-state index contributed by atoms with van der Waals surface area (Å²) in [6.07, 6.45) is 1.10. The number of nitro groups is 1. The highest BCUT2D eigenvalue weighted by Gasteiger charge is 2.16. The third kappa shape index (κ3) is 5.44. The molecule has 148 valence electrons. The van der Waals surface area contributed by atoms with Crippen LogP contribution in [0.4, 0.5) is 5.69 Å². The molecular weight excluding hydrogens is 366 g/mol. The van der Waals surface area contributed by atoms with Gasteiger partial charge >= 0.3 is 0 Å². The largest absolute Gasteiger partial charge is 0.504 e. The highest BCUT2D eigenvalue weighted by Crippen LogP contribution is 2.33. The SMILES string of the molecule is CCOc1cc([N+](=O)[O-])cc(C=NNC(=O)COc2ccc(C)cc2C)c1O. The number of hydrogen-bond donors (Lipinski definition) is 2. The van der Waals surface area contributed by atoms with Crippen molar-refractivity contribution in [2.75, 3.05) is 13.2 Å². The van der Waals surface area contributed by atoms with Crippen LogP contribution in [0.15, 0.2) is 35.4 Å². The van der Waals surface area contributed by atoms with Crippen molar-refractivity contribution in [3.8, 4) is 17.2 Å². The molecule has 9 nitrogen and oxygen atoms in total. The third-order valence-electron chi connectivity index (χ3n) is 3.68. The van der Waals surface area contributed by atoms with Crippen LogP contribution in [0.25, 0.3) is 0 Å². The Labute approximate surface area is 161 Å². The van der Waals surface area contributed by atoms with Gasteiger partial charge in [0, 0.05) is 11.6 Å². The zero-order valence-electron chi connectivity index (χ0n) is 15.8. The Hall–Kier alpha value is -3.62. The predicted molar refractivity (Wildman–Crippen MR) is 103 cm³/mol. The Morgan fingerprint density at radius 2 is 2.00 bits per heavy atom. The fourth-order valence-corrected chi connectivity index (χ4v) is 2.39. The van der Waals surface area contributed by atoms with Crippen LogP contribution in [0.5, 0.6) is 17.2 Å². The number of carbonyl (C=O) groups is 1. The number of ether oxygens (including phenoxy) is 2. The van der Waals surface area contributed by atoms with Gasteiger partial charge in [-0.05, 0) is 32.4 Å². The van der Waals surface area contributed by atoms with Crippen molar-refractivity contribution in [2.24, 2.45) is 5.10 Å². The molecule has 1 amide bonds. The average Bonchev–Trinajstić information content (AvgIpc) is 2.63. The molecule has 0 spiro atoms. The van der Waals surface area contributed by atoms with E-state index in [2.05, 4.69) is 10.5 Å². The first-order valence-corrected chi connectivity index (χ1v) is 8.48. The second-order valence-electron chi connectivity index (χ2n) is 5.92. The van der Waals surface area contributed by atoms with Gasteiger partial charge in [-0.3, -0.25) is 14.9 Å². The topological polar surface area (TPSA) is 123 Å². The monoisotopic (exact) mass is 387 g/mol. The lowest BCUT2D eigenvalue weighted by molar-refractivity contribution is -0.385. The maximum absolute atomic E-state index is 11.9. The standard InChI is InChI=1S/C19H21N3O6/c1-4-27-17-9-15(22(25)26)8-14(19(17)24)10-20-21-18(23)11-28-16-6-5-12(2)7-13(16)3/h5-10,24H,4,11H2,1-3H3,(H,21,23). The summed E-state index contributed by atoms with van der Waals surface area (Å²) >= 11 is 0. The number of nitrogens with zero attached hydrogens (tertiary/aromatic N) is 2. The van der Waals surface area contributed by atoms with E-state index in [1.54, 1.807) is 13.0 Å². The molecule has 0 fully saturated rings. The third-order valence-corrected chi connectivity index (χ3v) is 3.68. The number of nitro benzene ring substituents is 1. The number of nitrogens with one attached hydrogen (secondary N) is 1. The number of carbonyl (C=O) groups excluding carboxylic acids is 1. The van der Waals surface area contributed by atoms with Crippen LogP contribution < -0.4 is 14.9 Å². The first kappa shape index (κ1) is 20.7. The Morgan fingerprint density at radius 1 is 1.25 bits per heavy atom. The van der Waals surface area contributed by atoms with E-state index in [-0.39, 0.29) is 36.0 Å². The fourth-order valence-electron chi connectivity index (χ4n) is 2.39. The molecule has 0 atom stereocenters. The number of non-ortho nitro benzene ring substituents is 1. The summed E-state index contributed by atoms with van der Waals surface area (Å²) in [6.45, 7) is 5.48. The molecule has 2 rings (SSSR count). The molecule has 9 heteroatoms. The molecule has 2 aromatic rings. The van der Waals surface area contributed by atoms with Crippen molar-refractivity contribution in [2.45, 2.75) is 20.8 Å². The summed E-state index contributed by atoms with van der Waals surface area (Å²) < 4.78 is 10.6. The van der Waals surface area contributed by atoms with Crippen molar-refractivity contribution in [3.63, 3.8) is 0 Å². The van der Waals surface area contributed by atoms with Crippen LogP contribution in [0.1, 0.15) is 23.6 Å². The molecule has 0 aliphatic carbocycles. The summed E-state index contributed by atoms with van der Waals surface area (Å²) in [4.78, 5) is 22.3. The molecule has 2 aromatic carbocycles. The molecule has 2 N–H and O–H groups in total. The van der Waals surface area contributed by atoms with Crippen LogP contribution in [-0.2, 0) is 4.79 Å². The molecule has 0 bridgehead atoms. The van der Waals surface area contributed by atoms with Gasteiger partial charge in [0.1, 0.15) is 5.75 Å². The molecule has 0 radical (unpaired) electrons. The van der Waals surface area contributed by atoms with Gasteiger partial charge in [-0.25, -0.2) is 5.43 Å². The normalized spacial score (nSPS) is 10.7. The lowest BCUT2D eigenvalue weighted by atomic mass is 10.1. The van der Waals surface area contributed by atoms with E-state index in [1.807, 2.05) is 26.0 Å². The minimum absolute atomic E-state index is 0.0354. The first-order valence-electron chi connectivity index (χ1n) is 8.48. The van der Waals surface area contributed by atoms with Gasteiger partial charge in [-0.2, -0.15) is 5.10 Å². The van der Waals surface area contributed by atoms with Gasteiger partial charge in [0.2, 0.25) is 0 Å². The molecule has 0 aromatic heterocycles. The Bertz CT molecular complexity index is 911. The van der Waals surface area contributed by atoms with Gasteiger partial charge in [-0.15, -0.1) is 0 Å². The Kier molecular flexibility index (Phi) is 6.91. The number of benzene rings is 2. The van der Waals surface area contributed by atoms with Gasteiger partial charge in [0.05, 0.1) is 23.8 Å². The molecule has 0 aliphatic heterocycles. The highest BCUT2D eigenvalue weighted by atomic mass is 16.6. The van der Waals surface area contributed by atoms with Crippen molar-refractivity contribution < 1.29 is 24.3 Å². The maximum atomic E-state index is 11.9. The summed E-state index contributed by atoms with van der Waals surface area (Å²) in [5, 5.41) is 24.8. The van der Waals surface area contributed by atoms with E-state index in [1.165, 1.54) is 0 Å². The minimum Gasteiger partial charge on any atom is -0.504 e. The number of hydrazone groups is 1. The number of amides is 1. The smallest absolute Gasteiger partial charge is 0.277 e. The average molecular weight is 387 g/mol. The van der Waals surface area contributed by atoms with Crippen LogP contribution in [-0.4, -0.2) is 35.4 Å². The van der Waals surface area contributed by atoms with Gasteiger partial charge in [-0.1, -0.05) is 17.7 Å². The van der Waals surface area contributed by atoms with E-state index in [4.69, 9.17) is 9.47 Å². The van der Waals surface area contributed by atoms with Crippen LogP contribution in [0.3, 0.4) is 0 Å². The van der Waals surface area contributed by atoms with E-state index in [0.717, 1.165) is 29.5 Å². The van der Waals surface area contributed by atoms with E-state index in [0.29, 0.717) is 5.75 Å². The predicted octanol–water partition coefficient (Wildman–Crippen LogP) is 2.85. The van der Waals surface area contributed by atoms with E-state index < -0.39 is 10.8 Å². The second-order valence-corrected chi connectivity index (χ2v) is 5.92. The van der Waals surface area contributed by atoms with Gasteiger partial charge in [0.25, 0.3) is 11.6 Å². The van der Waals surface area contributed by atoms with Crippen LogP contribution >= 0.6 is 0 Å². The zero-order chi connectivity index (χ0) is 20.7. The lowest BCUT2D eigenvalue weighted by Gasteiger charge is -2.09. The lowest BCUT2D eigenvalue weighted by Crippen LogP contribution is -2.24. The summed E-state index contributed by atoms with van der Waals surface area (Å²) in [5.74, 6) is -0.284. The maximum Gasteiger partial charge on any atom is 0.277 e. The second kappa shape index (κ2) is 9.36. The number of phenolic OH excluding ortho intramolecular Hbond substituents is 1. The molecule has 0 heterocycles. The summed E-state index contributed by atoms with van der Waals surface area (Å²) in [7, 11) is 0.